The van der Waals surface area contributed by atoms with Gasteiger partial charge in [-0.25, -0.2) is 9.48 Å². The van der Waals surface area contributed by atoms with Crippen molar-refractivity contribution in [1.82, 2.24) is 19.7 Å². The second kappa shape index (κ2) is 7.09. The van der Waals surface area contributed by atoms with Crippen molar-refractivity contribution in [2.24, 2.45) is 13.0 Å². The molecular formula is C19H24N4O4. The molecule has 0 radical (unpaired) electrons. The largest absolute Gasteiger partial charge is 0.444 e. The first-order chi connectivity index (χ1) is 12.7. The van der Waals surface area contributed by atoms with Crippen LogP contribution >= 0.6 is 0 Å². The van der Waals surface area contributed by atoms with E-state index < -0.39 is 5.60 Å². The van der Waals surface area contributed by atoms with E-state index in [1.54, 1.807) is 17.2 Å². The molecule has 0 N–H and O–H groups in total. The van der Waals surface area contributed by atoms with Gasteiger partial charge in [0.2, 0.25) is 0 Å². The molecule has 0 saturated carbocycles. The van der Waals surface area contributed by atoms with Gasteiger partial charge in [-0.15, -0.1) is 0 Å². The number of aryl methyl sites for hydroxylation is 1. The SMILES string of the molecule is Cn1nc(C(=O)C2CCN(C(=O)OC(C)(C)C)CC2)c2ccncc2c1=O. The Morgan fingerprint density at radius 2 is 1.85 bits per heavy atom. The van der Waals surface area contributed by atoms with Crippen molar-refractivity contribution in [1.29, 1.82) is 0 Å². The molecule has 3 heterocycles. The highest BCUT2D eigenvalue weighted by Gasteiger charge is 2.32. The Morgan fingerprint density at radius 3 is 2.48 bits per heavy atom. The fraction of sp³-hybridized carbons (Fsp3) is 0.526. The predicted octanol–water partition coefficient (Wildman–Crippen LogP) is 2.16. The summed E-state index contributed by atoms with van der Waals surface area (Å²) in [5.74, 6) is -0.351. The van der Waals surface area contributed by atoms with Crippen LogP contribution < -0.4 is 5.56 Å². The van der Waals surface area contributed by atoms with Crippen LogP contribution in [0.2, 0.25) is 0 Å². The lowest BCUT2D eigenvalue weighted by atomic mass is 9.90. The second-order valence-corrected chi connectivity index (χ2v) is 7.80. The lowest BCUT2D eigenvalue weighted by Gasteiger charge is -2.32. The predicted molar refractivity (Wildman–Crippen MR) is 99.6 cm³/mol. The zero-order valence-corrected chi connectivity index (χ0v) is 16.1. The molecule has 0 aromatic carbocycles. The molecule has 0 atom stereocenters. The van der Waals surface area contributed by atoms with Gasteiger partial charge < -0.3 is 9.64 Å². The van der Waals surface area contributed by atoms with E-state index in [0.717, 1.165) is 0 Å². The maximum atomic E-state index is 13.0. The number of hydrogen-bond donors (Lipinski definition) is 0. The third kappa shape index (κ3) is 3.99. The summed E-state index contributed by atoms with van der Waals surface area (Å²) in [5, 5.41) is 5.10. The number of hydrogen-bond acceptors (Lipinski definition) is 6. The molecule has 2 aromatic rings. The number of nitrogens with zero attached hydrogens (tertiary/aromatic N) is 4. The number of ether oxygens (including phenoxy) is 1. The highest BCUT2D eigenvalue weighted by atomic mass is 16.6. The number of rotatable bonds is 2. The quantitative estimate of drug-likeness (QED) is 0.750. The normalized spacial score (nSPS) is 15.8. The van der Waals surface area contributed by atoms with Gasteiger partial charge in [-0.2, -0.15) is 5.10 Å². The Kier molecular flexibility index (Phi) is 4.99. The molecule has 0 aliphatic carbocycles. The molecule has 0 spiro atoms. The zero-order valence-electron chi connectivity index (χ0n) is 16.1. The number of likely N-dealkylation sites (tertiary alicyclic amines) is 1. The van der Waals surface area contributed by atoms with Gasteiger partial charge in [0.25, 0.3) is 5.56 Å². The maximum Gasteiger partial charge on any atom is 0.410 e. The van der Waals surface area contributed by atoms with E-state index >= 15 is 0 Å². The molecule has 1 aliphatic heterocycles. The number of amides is 1. The number of carbonyl (C=O) groups excluding carboxylic acids is 2. The van der Waals surface area contributed by atoms with Crippen molar-refractivity contribution in [2.45, 2.75) is 39.2 Å². The molecular weight excluding hydrogens is 348 g/mol. The highest BCUT2D eigenvalue weighted by molar-refractivity contribution is 6.06. The molecule has 1 aliphatic rings. The van der Waals surface area contributed by atoms with Gasteiger partial charge in [-0.1, -0.05) is 0 Å². The molecule has 1 saturated heterocycles. The van der Waals surface area contributed by atoms with Crippen LogP contribution in [0.5, 0.6) is 0 Å². The molecule has 0 bridgehead atoms. The standard InChI is InChI=1S/C19H24N4O4/c1-19(2,3)27-18(26)23-9-6-12(7-10-23)16(24)15-13-5-8-20-11-14(13)17(25)22(4)21-15/h5,8,11-12H,6-7,9-10H2,1-4H3. The van der Waals surface area contributed by atoms with Gasteiger partial charge in [-0.3, -0.25) is 14.6 Å². The topological polar surface area (TPSA) is 94.4 Å². The van der Waals surface area contributed by atoms with E-state index in [-0.39, 0.29) is 29.0 Å². The molecule has 1 amide bonds. The third-order valence-electron chi connectivity index (χ3n) is 4.60. The van der Waals surface area contributed by atoms with Crippen LogP contribution in [0, 0.1) is 5.92 Å². The van der Waals surface area contributed by atoms with Gasteiger partial charge in [-0.05, 0) is 39.7 Å². The Bertz CT molecular complexity index is 937. The first-order valence-corrected chi connectivity index (χ1v) is 9.00. The minimum atomic E-state index is -0.546. The van der Waals surface area contributed by atoms with Crippen LogP contribution in [0.4, 0.5) is 4.79 Å². The van der Waals surface area contributed by atoms with Gasteiger partial charge in [0.05, 0.1) is 5.39 Å². The summed E-state index contributed by atoms with van der Waals surface area (Å²) in [4.78, 5) is 43.0. The summed E-state index contributed by atoms with van der Waals surface area (Å²) in [6, 6.07) is 1.65. The number of Topliss-reactive ketones (excluding diaryl/α,β-unsaturated/α-hetero) is 1. The fourth-order valence-electron chi connectivity index (χ4n) is 3.22. The fourth-order valence-corrected chi connectivity index (χ4v) is 3.22. The van der Waals surface area contributed by atoms with Crippen LogP contribution in [0.25, 0.3) is 10.8 Å². The minimum Gasteiger partial charge on any atom is -0.444 e. The third-order valence-corrected chi connectivity index (χ3v) is 4.60. The summed E-state index contributed by atoms with van der Waals surface area (Å²) in [5.41, 5.74) is -0.547. The van der Waals surface area contributed by atoms with Crippen molar-refractivity contribution in [3.63, 3.8) is 0 Å². The number of fused-ring (bicyclic) bond motifs is 1. The van der Waals surface area contributed by atoms with Crippen molar-refractivity contribution in [3.05, 3.63) is 34.5 Å². The van der Waals surface area contributed by atoms with Gasteiger partial charge in [0, 0.05) is 43.8 Å². The van der Waals surface area contributed by atoms with Gasteiger partial charge in [0.15, 0.2) is 5.78 Å². The minimum absolute atomic E-state index is 0.106. The summed E-state index contributed by atoms with van der Waals surface area (Å²) < 4.78 is 6.56. The molecule has 144 valence electrons. The average molecular weight is 372 g/mol. The number of piperidine rings is 1. The Labute approximate surface area is 157 Å². The number of aromatic nitrogens is 3. The smallest absolute Gasteiger partial charge is 0.410 e. The Hall–Kier alpha value is -2.77. The summed E-state index contributed by atoms with van der Waals surface area (Å²) in [7, 11) is 1.52. The number of ketones is 1. The van der Waals surface area contributed by atoms with Crippen LogP contribution in [0.3, 0.4) is 0 Å². The average Bonchev–Trinajstić information content (AvgIpc) is 2.63. The van der Waals surface area contributed by atoms with Crippen molar-refractivity contribution >= 4 is 22.6 Å². The van der Waals surface area contributed by atoms with E-state index in [2.05, 4.69) is 10.1 Å². The van der Waals surface area contributed by atoms with Crippen molar-refractivity contribution in [2.75, 3.05) is 13.1 Å². The Morgan fingerprint density at radius 1 is 1.19 bits per heavy atom. The van der Waals surface area contributed by atoms with Crippen molar-refractivity contribution in [3.8, 4) is 0 Å². The Balaban J connectivity index is 1.77. The summed E-state index contributed by atoms with van der Waals surface area (Å²) >= 11 is 0. The lowest BCUT2D eigenvalue weighted by Crippen LogP contribution is -2.43. The van der Waals surface area contributed by atoms with Crippen LogP contribution in [-0.2, 0) is 11.8 Å². The monoisotopic (exact) mass is 372 g/mol. The van der Waals surface area contributed by atoms with E-state index in [9.17, 15) is 14.4 Å². The van der Waals surface area contributed by atoms with Crippen molar-refractivity contribution < 1.29 is 14.3 Å². The molecule has 0 unspecified atom stereocenters. The van der Waals surface area contributed by atoms with E-state index in [1.165, 1.54) is 17.9 Å². The molecule has 3 rings (SSSR count). The lowest BCUT2D eigenvalue weighted by molar-refractivity contribution is 0.0182. The van der Waals surface area contributed by atoms with Crippen LogP contribution in [0.1, 0.15) is 44.1 Å². The molecule has 8 heteroatoms. The molecule has 1 fully saturated rings. The van der Waals surface area contributed by atoms with E-state index in [4.69, 9.17) is 4.74 Å². The highest BCUT2D eigenvalue weighted by Crippen LogP contribution is 2.25. The second-order valence-electron chi connectivity index (χ2n) is 7.80. The zero-order chi connectivity index (χ0) is 19.8. The molecule has 8 nitrogen and oxygen atoms in total. The molecule has 2 aromatic heterocycles. The van der Waals surface area contributed by atoms with Crippen LogP contribution in [-0.4, -0.2) is 50.2 Å². The first kappa shape index (κ1) is 19.0. The van der Waals surface area contributed by atoms with Crippen LogP contribution in [0.15, 0.2) is 23.3 Å². The maximum absolute atomic E-state index is 13.0. The number of pyridine rings is 1. The summed E-state index contributed by atoms with van der Waals surface area (Å²) in [6.07, 6.45) is 3.72. The first-order valence-electron chi connectivity index (χ1n) is 9.00. The summed E-state index contributed by atoms with van der Waals surface area (Å²) in [6.45, 7) is 6.39. The van der Waals surface area contributed by atoms with E-state index in [0.29, 0.717) is 36.7 Å². The van der Waals surface area contributed by atoms with Gasteiger partial charge >= 0.3 is 6.09 Å². The number of carbonyl (C=O) groups is 2. The van der Waals surface area contributed by atoms with E-state index in [1.807, 2.05) is 20.8 Å². The van der Waals surface area contributed by atoms with Gasteiger partial charge in [0.1, 0.15) is 11.3 Å². The molecule has 27 heavy (non-hydrogen) atoms.